The summed E-state index contributed by atoms with van der Waals surface area (Å²) in [5.41, 5.74) is 1.27. The number of rotatable bonds is 0. The summed E-state index contributed by atoms with van der Waals surface area (Å²) in [6, 6.07) is 3.49. The van der Waals surface area contributed by atoms with Crippen molar-refractivity contribution in [3.05, 3.63) is 29.0 Å². The van der Waals surface area contributed by atoms with Crippen LogP contribution in [0.5, 0.6) is 0 Å². The minimum absolute atomic E-state index is 0.461. The Kier molecular flexibility index (Phi) is 2.36. The smallest absolute Gasteiger partial charge is 0.419 e. The number of aryl methyl sites for hydroxylation is 1. The summed E-state index contributed by atoms with van der Waals surface area (Å²) in [6.07, 6.45) is 1.10. The van der Waals surface area contributed by atoms with Crippen LogP contribution >= 0.6 is 11.6 Å². The van der Waals surface area contributed by atoms with Crippen LogP contribution in [0, 0.1) is 6.92 Å². The molecule has 0 saturated carbocycles. The molecule has 0 N–H and O–H groups in total. The Balaban J connectivity index is 2.79. The van der Waals surface area contributed by atoms with Gasteiger partial charge in [0.15, 0.2) is 5.65 Å². The van der Waals surface area contributed by atoms with E-state index >= 15 is 0 Å². The molecule has 0 fully saturated rings. The van der Waals surface area contributed by atoms with Gasteiger partial charge in [0.1, 0.15) is 0 Å². The van der Waals surface area contributed by atoms with E-state index in [0.29, 0.717) is 10.7 Å². The SMILES string of the molecule is COC(=O)n1c(C)cc2c(Cl)ccnc21. The molecule has 0 radical (unpaired) electrons. The number of aromatic nitrogens is 2. The maximum Gasteiger partial charge on any atom is 0.419 e. The van der Waals surface area contributed by atoms with Crippen molar-refractivity contribution in [2.45, 2.75) is 6.92 Å². The van der Waals surface area contributed by atoms with Crippen molar-refractivity contribution >= 4 is 28.7 Å². The van der Waals surface area contributed by atoms with E-state index in [0.717, 1.165) is 11.1 Å². The van der Waals surface area contributed by atoms with Gasteiger partial charge in [-0.2, -0.15) is 0 Å². The van der Waals surface area contributed by atoms with Crippen molar-refractivity contribution in [1.29, 1.82) is 0 Å². The third-order valence-corrected chi connectivity index (χ3v) is 2.52. The van der Waals surface area contributed by atoms with E-state index in [4.69, 9.17) is 11.6 Å². The lowest BCUT2D eigenvalue weighted by molar-refractivity contribution is 0.173. The number of ether oxygens (including phenoxy) is 1. The number of nitrogens with zero attached hydrogens (tertiary/aromatic N) is 2. The van der Waals surface area contributed by atoms with Gasteiger partial charge in [0.05, 0.1) is 12.1 Å². The van der Waals surface area contributed by atoms with Gasteiger partial charge in [-0.25, -0.2) is 14.3 Å². The van der Waals surface area contributed by atoms with E-state index in [-0.39, 0.29) is 0 Å². The first-order valence-electron chi connectivity index (χ1n) is 4.36. The molecule has 15 heavy (non-hydrogen) atoms. The molecule has 0 aliphatic rings. The van der Waals surface area contributed by atoms with E-state index in [1.54, 1.807) is 19.2 Å². The molecule has 0 saturated heterocycles. The van der Waals surface area contributed by atoms with Crippen molar-refractivity contribution in [1.82, 2.24) is 9.55 Å². The van der Waals surface area contributed by atoms with Crippen LogP contribution in [0.3, 0.4) is 0 Å². The molecule has 2 aromatic heterocycles. The number of halogens is 1. The zero-order valence-corrected chi connectivity index (χ0v) is 9.08. The molecular formula is C10H9ClN2O2. The topological polar surface area (TPSA) is 44.1 Å². The molecule has 4 nitrogen and oxygen atoms in total. The number of hydrogen-bond acceptors (Lipinski definition) is 3. The summed E-state index contributed by atoms with van der Waals surface area (Å²) in [7, 11) is 1.33. The van der Waals surface area contributed by atoms with Gasteiger partial charge >= 0.3 is 6.09 Å². The largest absolute Gasteiger partial charge is 0.452 e. The molecule has 5 heteroatoms. The first-order valence-corrected chi connectivity index (χ1v) is 4.74. The predicted molar refractivity (Wildman–Crippen MR) is 57.3 cm³/mol. The lowest BCUT2D eigenvalue weighted by Gasteiger charge is -2.03. The Morgan fingerprint density at radius 3 is 3.00 bits per heavy atom. The number of fused-ring (bicyclic) bond motifs is 1. The van der Waals surface area contributed by atoms with Gasteiger partial charge in [-0.15, -0.1) is 0 Å². The van der Waals surface area contributed by atoms with Gasteiger partial charge in [0.2, 0.25) is 0 Å². The quantitative estimate of drug-likeness (QED) is 0.691. The normalized spacial score (nSPS) is 10.6. The van der Waals surface area contributed by atoms with E-state index in [1.807, 2.05) is 6.07 Å². The number of carbonyl (C=O) groups is 1. The van der Waals surface area contributed by atoms with Gasteiger partial charge in [-0.05, 0) is 19.1 Å². The summed E-state index contributed by atoms with van der Waals surface area (Å²) >= 11 is 5.98. The van der Waals surface area contributed by atoms with Gasteiger partial charge in [-0.1, -0.05) is 11.6 Å². The molecular weight excluding hydrogens is 216 g/mol. The Bertz CT molecular complexity index is 533. The molecule has 0 aromatic carbocycles. The molecule has 0 atom stereocenters. The fourth-order valence-electron chi connectivity index (χ4n) is 1.51. The fourth-order valence-corrected chi connectivity index (χ4v) is 1.71. The minimum Gasteiger partial charge on any atom is -0.452 e. The molecule has 0 bridgehead atoms. The van der Waals surface area contributed by atoms with E-state index in [1.165, 1.54) is 11.7 Å². The average molecular weight is 225 g/mol. The minimum atomic E-state index is -0.461. The molecule has 0 aliphatic carbocycles. The van der Waals surface area contributed by atoms with Crippen molar-refractivity contribution in [3.63, 3.8) is 0 Å². The summed E-state index contributed by atoms with van der Waals surface area (Å²) in [5, 5.41) is 1.33. The van der Waals surface area contributed by atoms with Crippen molar-refractivity contribution in [3.8, 4) is 0 Å². The van der Waals surface area contributed by atoms with Crippen molar-refractivity contribution < 1.29 is 9.53 Å². The monoisotopic (exact) mass is 224 g/mol. The highest BCUT2D eigenvalue weighted by atomic mass is 35.5. The van der Waals surface area contributed by atoms with Crippen LogP contribution < -0.4 is 0 Å². The Hall–Kier alpha value is -1.55. The number of pyridine rings is 1. The lowest BCUT2D eigenvalue weighted by atomic mass is 10.3. The molecule has 0 spiro atoms. The molecule has 2 heterocycles. The first-order chi connectivity index (χ1) is 7.15. The van der Waals surface area contributed by atoms with Crippen LogP contribution in [0.1, 0.15) is 5.69 Å². The third-order valence-electron chi connectivity index (χ3n) is 2.19. The lowest BCUT2D eigenvalue weighted by Crippen LogP contribution is -2.12. The molecule has 2 rings (SSSR count). The molecule has 0 aliphatic heterocycles. The van der Waals surface area contributed by atoms with Crippen molar-refractivity contribution in [2.24, 2.45) is 0 Å². The van der Waals surface area contributed by atoms with Crippen LogP contribution in [-0.4, -0.2) is 22.8 Å². The molecule has 78 valence electrons. The van der Waals surface area contributed by atoms with Crippen LogP contribution in [-0.2, 0) is 4.74 Å². The second kappa shape index (κ2) is 3.55. The number of hydrogen-bond donors (Lipinski definition) is 0. The van der Waals surface area contributed by atoms with Crippen LogP contribution in [0.25, 0.3) is 11.0 Å². The van der Waals surface area contributed by atoms with Gasteiger partial charge in [0, 0.05) is 17.3 Å². The molecule has 0 unspecified atom stereocenters. The first kappa shape index (κ1) is 9.98. The number of methoxy groups -OCH3 is 1. The predicted octanol–water partition coefficient (Wildman–Crippen LogP) is 2.61. The van der Waals surface area contributed by atoms with Crippen molar-refractivity contribution in [2.75, 3.05) is 7.11 Å². The maximum absolute atomic E-state index is 11.5. The highest BCUT2D eigenvalue weighted by Gasteiger charge is 2.15. The second-order valence-electron chi connectivity index (χ2n) is 3.12. The van der Waals surface area contributed by atoms with Gasteiger partial charge in [-0.3, -0.25) is 0 Å². The summed E-state index contributed by atoms with van der Waals surface area (Å²) < 4.78 is 6.05. The zero-order chi connectivity index (χ0) is 11.0. The van der Waals surface area contributed by atoms with Crippen LogP contribution in [0.15, 0.2) is 18.3 Å². The maximum atomic E-state index is 11.5. The van der Waals surface area contributed by atoms with Crippen LogP contribution in [0.2, 0.25) is 5.02 Å². The standard InChI is InChI=1S/C10H9ClN2O2/c1-6-5-7-8(11)3-4-12-9(7)13(6)10(14)15-2/h3-5H,1-2H3. The Labute approximate surface area is 91.4 Å². The van der Waals surface area contributed by atoms with E-state index < -0.39 is 6.09 Å². The second-order valence-corrected chi connectivity index (χ2v) is 3.53. The summed E-state index contributed by atoms with van der Waals surface area (Å²) in [5.74, 6) is 0. The zero-order valence-electron chi connectivity index (χ0n) is 8.32. The Morgan fingerprint density at radius 2 is 2.33 bits per heavy atom. The highest BCUT2D eigenvalue weighted by Crippen LogP contribution is 2.24. The Morgan fingerprint density at radius 1 is 1.60 bits per heavy atom. The van der Waals surface area contributed by atoms with Crippen LogP contribution in [0.4, 0.5) is 4.79 Å². The van der Waals surface area contributed by atoms with E-state index in [9.17, 15) is 4.79 Å². The van der Waals surface area contributed by atoms with Gasteiger partial charge < -0.3 is 4.74 Å². The average Bonchev–Trinajstić information content (AvgIpc) is 2.55. The summed E-state index contributed by atoms with van der Waals surface area (Å²) in [4.78, 5) is 15.6. The summed E-state index contributed by atoms with van der Waals surface area (Å²) in [6.45, 7) is 1.80. The highest BCUT2D eigenvalue weighted by molar-refractivity contribution is 6.35. The third kappa shape index (κ3) is 1.47. The fraction of sp³-hybridized carbons (Fsp3) is 0.200. The van der Waals surface area contributed by atoms with Gasteiger partial charge in [0.25, 0.3) is 0 Å². The number of carbonyl (C=O) groups excluding carboxylic acids is 1. The molecule has 0 amide bonds. The van der Waals surface area contributed by atoms with E-state index in [2.05, 4.69) is 9.72 Å². The molecule has 2 aromatic rings.